The zero-order valence-corrected chi connectivity index (χ0v) is 14.3. The minimum Gasteiger partial charge on any atom is -0.493 e. The van der Waals surface area contributed by atoms with E-state index < -0.39 is 5.97 Å². The molecule has 2 aromatic carbocycles. The van der Waals surface area contributed by atoms with Gasteiger partial charge in [-0.3, -0.25) is 0 Å². The molecule has 0 radical (unpaired) electrons. The van der Waals surface area contributed by atoms with E-state index in [4.69, 9.17) is 14.6 Å². The van der Waals surface area contributed by atoms with Gasteiger partial charge in [-0.2, -0.15) is 10.2 Å². The maximum atomic E-state index is 11.1. The third-order valence-corrected chi connectivity index (χ3v) is 3.90. The van der Waals surface area contributed by atoms with E-state index in [2.05, 4.69) is 26.2 Å². The Hall–Kier alpha value is -2.67. The number of ether oxygens (including phenoxy) is 2. The largest absolute Gasteiger partial charge is 0.493 e. The molecule has 3 rings (SSSR count). The van der Waals surface area contributed by atoms with Crippen LogP contribution in [0.3, 0.4) is 0 Å². The Bertz CT molecular complexity index is 844. The predicted octanol–water partition coefficient (Wildman–Crippen LogP) is 4.73. The molecule has 1 aliphatic heterocycles. The molecule has 0 saturated heterocycles. The molecule has 122 valence electrons. The number of methoxy groups -OCH3 is 1. The van der Waals surface area contributed by atoms with Crippen LogP contribution in [0.2, 0.25) is 0 Å². The van der Waals surface area contributed by atoms with Gasteiger partial charge in [-0.1, -0.05) is 15.9 Å². The average molecular weight is 389 g/mol. The van der Waals surface area contributed by atoms with Crippen molar-refractivity contribution in [3.8, 4) is 11.5 Å². The number of benzene rings is 2. The van der Waals surface area contributed by atoms with Gasteiger partial charge in [0.25, 0.3) is 0 Å². The lowest BCUT2D eigenvalue weighted by Crippen LogP contribution is -2.14. The normalized spacial score (nSPS) is 13.2. The highest BCUT2D eigenvalue weighted by atomic mass is 79.9. The van der Waals surface area contributed by atoms with Crippen LogP contribution in [0.1, 0.15) is 5.56 Å². The Kier molecular flexibility index (Phi) is 4.61. The summed E-state index contributed by atoms with van der Waals surface area (Å²) in [6.07, 6.45) is 1.56. The van der Waals surface area contributed by atoms with Crippen LogP contribution in [0.4, 0.5) is 11.4 Å². The molecule has 0 saturated carbocycles. The van der Waals surface area contributed by atoms with E-state index in [1.807, 2.05) is 24.3 Å². The predicted molar refractivity (Wildman–Crippen MR) is 92.4 cm³/mol. The van der Waals surface area contributed by atoms with Crippen molar-refractivity contribution in [1.29, 1.82) is 0 Å². The Labute approximate surface area is 146 Å². The molecule has 1 aliphatic rings. The molecule has 1 heterocycles. The molecule has 0 aliphatic carbocycles. The highest BCUT2D eigenvalue weighted by Gasteiger charge is 2.20. The van der Waals surface area contributed by atoms with E-state index in [1.165, 1.54) is 7.11 Å². The molecule has 0 aromatic heterocycles. The van der Waals surface area contributed by atoms with Crippen LogP contribution in [0.5, 0.6) is 11.5 Å². The second-order valence-corrected chi connectivity index (χ2v) is 5.92. The minimum absolute atomic E-state index is 0.00154. The number of rotatable bonds is 4. The fraction of sp³-hybridized carbons (Fsp3) is 0.118. The molecule has 0 spiro atoms. The van der Waals surface area contributed by atoms with Crippen molar-refractivity contribution < 1.29 is 19.4 Å². The van der Waals surface area contributed by atoms with Crippen LogP contribution < -0.4 is 9.47 Å². The second-order valence-electron chi connectivity index (χ2n) is 5.01. The summed E-state index contributed by atoms with van der Waals surface area (Å²) in [6.45, 7) is -0.00154. The average Bonchev–Trinajstić information content (AvgIpc) is 2.59. The number of carboxylic acids is 1. The van der Waals surface area contributed by atoms with E-state index in [-0.39, 0.29) is 12.2 Å². The first kappa shape index (κ1) is 16.2. The van der Waals surface area contributed by atoms with E-state index in [9.17, 15) is 4.79 Å². The van der Waals surface area contributed by atoms with Crippen LogP contribution in [0.15, 0.2) is 56.7 Å². The standard InChI is InChI=1S/C17H13BrN2O4/c1-23-15-8-14(20-19-13-4-2-12(18)3-5-13)7-10-6-11(17(21)22)9-24-16(10)15/h2-8H,9H2,1H3,(H,21,22). The van der Waals surface area contributed by atoms with Crippen LogP contribution in [-0.2, 0) is 4.79 Å². The van der Waals surface area contributed by atoms with E-state index in [1.54, 1.807) is 18.2 Å². The SMILES string of the molecule is COc1cc(N=Nc2ccc(Br)cc2)cc2c1OCC(C(=O)O)=C2. The first-order chi connectivity index (χ1) is 11.6. The molecule has 0 unspecified atom stereocenters. The van der Waals surface area contributed by atoms with Gasteiger partial charge in [-0.15, -0.1) is 0 Å². The van der Waals surface area contributed by atoms with Gasteiger partial charge >= 0.3 is 5.97 Å². The maximum absolute atomic E-state index is 11.1. The number of nitrogens with zero attached hydrogens (tertiary/aromatic N) is 2. The fourth-order valence-corrected chi connectivity index (χ4v) is 2.47. The fourth-order valence-electron chi connectivity index (χ4n) is 2.21. The number of aliphatic carboxylic acids is 1. The maximum Gasteiger partial charge on any atom is 0.335 e. The molecule has 24 heavy (non-hydrogen) atoms. The third-order valence-electron chi connectivity index (χ3n) is 3.37. The van der Waals surface area contributed by atoms with Gasteiger partial charge in [0.15, 0.2) is 11.5 Å². The minimum atomic E-state index is -1.01. The quantitative estimate of drug-likeness (QED) is 0.767. The van der Waals surface area contributed by atoms with Gasteiger partial charge in [0, 0.05) is 16.1 Å². The number of carbonyl (C=O) groups is 1. The topological polar surface area (TPSA) is 80.5 Å². The van der Waals surface area contributed by atoms with Crippen molar-refractivity contribution in [1.82, 2.24) is 0 Å². The summed E-state index contributed by atoms with van der Waals surface area (Å²) in [4.78, 5) is 11.1. The lowest BCUT2D eigenvalue weighted by molar-refractivity contribution is -0.132. The summed E-state index contributed by atoms with van der Waals surface area (Å²) in [6, 6.07) is 10.8. The van der Waals surface area contributed by atoms with E-state index in [0.29, 0.717) is 28.4 Å². The van der Waals surface area contributed by atoms with Crippen LogP contribution in [0.25, 0.3) is 6.08 Å². The molecule has 2 aromatic rings. The summed E-state index contributed by atoms with van der Waals surface area (Å²) in [5.41, 5.74) is 2.02. The molecule has 0 bridgehead atoms. The molecule has 0 atom stereocenters. The van der Waals surface area contributed by atoms with Crippen LogP contribution in [0, 0.1) is 0 Å². The van der Waals surface area contributed by atoms with Gasteiger partial charge in [0.1, 0.15) is 6.61 Å². The van der Waals surface area contributed by atoms with E-state index in [0.717, 1.165) is 4.47 Å². The molecular weight excluding hydrogens is 376 g/mol. The number of hydrogen-bond donors (Lipinski definition) is 1. The highest BCUT2D eigenvalue weighted by Crippen LogP contribution is 2.39. The summed E-state index contributed by atoms with van der Waals surface area (Å²) in [5.74, 6) is -0.0236. The molecular formula is C17H13BrN2O4. The number of halogens is 1. The molecule has 0 fully saturated rings. The summed E-state index contributed by atoms with van der Waals surface area (Å²) >= 11 is 3.36. The Morgan fingerprint density at radius 2 is 1.92 bits per heavy atom. The lowest BCUT2D eigenvalue weighted by atomic mass is 10.1. The van der Waals surface area contributed by atoms with Gasteiger partial charge < -0.3 is 14.6 Å². The molecule has 0 amide bonds. The van der Waals surface area contributed by atoms with Crippen molar-refractivity contribution in [3.05, 3.63) is 52.0 Å². The number of fused-ring (bicyclic) bond motifs is 1. The van der Waals surface area contributed by atoms with E-state index >= 15 is 0 Å². The smallest absolute Gasteiger partial charge is 0.335 e. The molecule has 1 N–H and O–H groups in total. The van der Waals surface area contributed by atoms with Gasteiger partial charge in [-0.05, 0) is 36.4 Å². The van der Waals surface area contributed by atoms with Crippen molar-refractivity contribution >= 4 is 39.4 Å². The van der Waals surface area contributed by atoms with Crippen LogP contribution >= 0.6 is 15.9 Å². The monoisotopic (exact) mass is 388 g/mol. The van der Waals surface area contributed by atoms with Crippen molar-refractivity contribution in [2.75, 3.05) is 13.7 Å². The highest BCUT2D eigenvalue weighted by molar-refractivity contribution is 9.10. The van der Waals surface area contributed by atoms with Crippen molar-refractivity contribution in [3.63, 3.8) is 0 Å². The van der Waals surface area contributed by atoms with Crippen molar-refractivity contribution in [2.24, 2.45) is 10.2 Å². The lowest BCUT2D eigenvalue weighted by Gasteiger charge is -2.18. The van der Waals surface area contributed by atoms with Crippen molar-refractivity contribution in [2.45, 2.75) is 0 Å². The third kappa shape index (κ3) is 3.46. The van der Waals surface area contributed by atoms with Gasteiger partial charge in [0.2, 0.25) is 0 Å². The number of hydrogen-bond acceptors (Lipinski definition) is 5. The first-order valence-corrected chi connectivity index (χ1v) is 7.82. The zero-order valence-electron chi connectivity index (χ0n) is 12.7. The summed E-state index contributed by atoms with van der Waals surface area (Å²) in [5, 5.41) is 17.5. The summed E-state index contributed by atoms with van der Waals surface area (Å²) in [7, 11) is 1.52. The zero-order chi connectivity index (χ0) is 17.1. The second kappa shape index (κ2) is 6.84. The molecule has 7 heteroatoms. The first-order valence-electron chi connectivity index (χ1n) is 7.03. The Balaban J connectivity index is 1.97. The van der Waals surface area contributed by atoms with Gasteiger partial charge in [-0.25, -0.2) is 4.79 Å². The molecule has 6 nitrogen and oxygen atoms in total. The number of carboxylic acid groups (broad SMARTS) is 1. The summed E-state index contributed by atoms with van der Waals surface area (Å²) < 4.78 is 11.8. The Morgan fingerprint density at radius 1 is 1.21 bits per heavy atom. The number of azo groups is 1. The Morgan fingerprint density at radius 3 is 2.58 bits per heavy atom. The van der Waals surface area contributed by atoms with Gasteiger partial charge in [0.05, 0.1) is 24.1 Å². The van der Waals surface area contributed by atoms with Crippen LogP contribution in [-0.4, -0.2) is 24.8 Å².